The number of methoxy groups -OCH3 is 2. The van der Waals surface area contributed by atoms with E-state index in [4.69, 9.17) is 15.2 Å². The van der Waals surface area contributed by atoms with Gasteiger partial charge >= 0.3 is 0 Å². The van der Waals surface area contributed by atoms with Gasteiger partial charge in [0.15, 0.2) is 5.41 Å². The minimum absolute atomic E-state index is 0.194. The molecule has 124 valence electrons. The van der Waals surface area contributed by atoms with Crippen LogP contribution in [0.15, 0.2) is 4.99 Å². The largest absolute Gasteiger partial charge is 0.386 e. The zero-order valence-electron chi connectivity index (χ0n) is 14.1. The van der Waals surface area contributed by atoms with Gasteiger partial charge in [0.25, 0.3) is 5.91 Å². The summed E-state index contributed by atoms with van der Waals surface area (Å²) in [6.45, 7) is 2.19. The van der Waals surface area contributed by atoms with Crippen LogP contribution < -0.4 is 5.73 Å². The first kappa shape index (κ1) is 16.2. The van der Waals surface area contributed by atoms with Gasteiger partial charge in [-0.05, 0) is 31.6 Å². The molecule has 2 aliphatic carbocycles. The zero-order valence-corrected chi connectivity index (χ0v) is 14.1. The Balaban J connectivity index is 2.07. The van der Waals surface area contributed by atoms with Crippen molar-refractivity contribution in [2.75, 3.05) is 14.2 Å². The topological polar surface area (TPSA) is 104 Å². The third-order valence-corrected chi connectivity index (χ3v) is 6.61. The van der Waals surface area contributed by atoms with E-state index in [2.05, 4.69) is 24.1 Å². The van der Waals surface area contributed by atoms with E-state index in [-0.39, 0.29) is 5.84 Å². The van der Waals surface area contributed by atoms with Crippen LogP contribution in [0.25, 0.3) is 0 Å². The van der Waals surface area contributed by atoms with Crippen molar-refractivity contribution in [1.29, 1.82) is 10.5 Å². The Morgan fingerprint density at radius 2 is 1.83 bits per heavy atom. The fourth-order valence-corrected chi connectivity index (χ4v) is 5.60. The standard InChI is InChI=1S/C17H24N4O2/c1-4-5-12-6-8-14(9-7-12)15(10-18)13(20)21-17(22-2,23-3)16(14,15)11-19/h12H,4-9H2,1-3H3,(H2,20,21)/t12?,14?,15-,16+/m1/s1. The van der Waals surface area contributed by atoms with E-state index >= 15 is 0 Å². The lowest BCUT2D eigenvalue weighted by molar-refractivity contribution is -0.238. The van der Waals surface area contributed by atoms with Gasteiger partial charge in [0.1, 0.15) is 11.3 Å². The maximum Gasteiger partial charge on any atom is 0.292 e. The highest BCUT2D eigenvalue weighted by molar-refractivity contribution is 6.00. The van der Waals surface area contributed by atoms with Crippen molar-refractivity contribution in [2.45, 2.75) is 51.4 Å². The SMILES string of the molecule is CCCC1CCC2(CC1)[C@]1(C#N)C(OC)(OC)N=C(N)[C@]21C#N. The van der Waals surface area contributed by atoms with Gasteiger partial charge in [-0.25, -0.2) is 4.99 Å². The average Bonchev–Trinajstić information content (AvgIpc) is 3.00. The van der Waals surface area contributed by atoms with Crippen LogP contribution in [0.3, 0.4) is 0 Å². The predicted molar refractivity (Wildman–Crippen MR) is 83.8 cm³/mol. The Morgan fingerprint density at radius 3 is 2.26 bits per heavy atom. The summed E-state index contributed by atoms with van der Waals surface area (Å²) in [5.74, 6) is -0.616. The third-order valence-electron chi connectivity index (χ3n) is 6.61. The van der Waals surface area contributed by atoms with Crippen LogP contribution >= 0.6 is 0 Å². The molecule has 3 rings (SSSR count). The molecule has 0 aromatic rings. The second kappa shape index (κ2) is 4.93. The maximum atomic E-state index is 10.1. The van der Waals surface area contributed by atoms with Crippen molar-refractivity contribution in [2.24, 2.45) is 32.9 Å². The molecule has 0 aromatic heterocycles. The highest BCUT2D eigenvalue weighted by Crippen LogP contribution is 2.89. The van der Waals surface area contributed by atoms with E-state index in [1.165, 1.54) is 20.6 Å². The first-order valence-corrected chi connectivity index (χ1v) is 8.30. The lowest BCUT2D eigenvalue weighted by atomic mass is 9.71. The Bertz CT molecular complexity index is 619. The summed E-state index contributed by atoms with van der Waals surface area (Å²) in [5, 5.41) is 20.0. The van der Waals surface area contributed by atoms with E-state index in [1.54, 1.807) is 0 Å². The number of amidine groups is 1. The van der Waals surface area contributed by atoms with Crippen molar-refractivity contribution in [1.82, 2.24) is 0 Å². The number of rotatable bonds is 4. The summed E-state index contributed by atoms with van der Waals surface area (Å²) >= 11 is 0. The molecule has 2 fully saturated rings. The molecule has 3 aliphatic rings. The minimum Gasteiger partial charge on any atom is -0.386 e. The molecule has 2 N–H and O–H groups in total. The number of fused-ring (bicyclic) bond motifs is 3. The van der Waals surface area contributed by atoms with E-state index < -0.39 is 22.2 Å². The predicted octanol–water partition coefficient (Wildman–Crippen LogP) is 2.31. The van der Waals surface area contributed by atoms with Crippen molar-refractivity contribution in [3.05, 3.63) is 0 Å². The zero-order chi connectivity index (χ0) is 16.9. The van der Waals surface area contributed by atoms with Gasteiger partial charge in [0, 0.05) is 19.6 Å². The van der Waals surface area contributed by atoms with Gasteiger partial charge in [-0.15, -0.1) is 0 Å². The minimum atomic E-state index is -1.47. The molecule has 0 saturated heterocycles. The van der Waals surface area contributed by atoms with Crippen molar-refractivity contribution >= 4 is 5.84 Å². The summed E-state index contributed by atoms with van der Waals surface area (Å²) in [4.78, 5) is 4.28. The van der Waals surface area contributed by atoms with E-state index in [9.17, 15) is 10.5 Å². The second-order valence-corrected chi connectivity index (χ2v) is 7.02. The van der Waals surface area contributed by atoms with Crippen LogP contribution in [-0.2, 0) is 9.47 Å². The molecule has 1 heterocycles. The van der Waals surface area contributed by atoms with Crippen LogP contribution in [0.1, 0.15) is 45.4 Å². The summed E-state index contributed by atoms with van der Waals surface area (Å²) < 4.78 is 11.1. The molecular weight excluding hydrogens is 292 g/mol. The highest BCUT2D eigenvalue weighted by atomic mass is 16.7. The second-order valence-electron chi connectivity index (χ2n) is 7.02. The monoisotopic (exact) mass is 316 g/mol. The molecule has 0 amide bonds. The van der Waals surface area contributed by atoms with Crippen LogP contribution in [0, 0.1) is 44.8 Å². The van der Waals surface area contributed by atoms with Gasteiger partial charge in [-0.3, -0.25) is 0 Å². The van der Waals surface area contributed by atoms with E-state index in [1.807, 2.05) is 0 Å². The Labute approximate surface area is 137 Å². The molecule has 23 heavy (non-hydrogen) atoms. The molecule has 6 heteroatoms. The fourth-order valence-electron chi connectivity index (χ4n) is 5.60. The fraction of sp³-hybridized carbons (Fsp3) is 0.824. The number of hydrogen-bond donors (Lipinski definition) is 1. The molecule has 6 nitrogen and oxygen atoms in total. The van der Waals surface area contributed by atoms with Crippen molar-refractivity contribution in [3.8, 4) is 12.1 Å². The molecule has 2 saturated carbocycles. The van der Waals surface area contributed by atoms with E-state index in [0.717, 1.165) is 32.1 Å². The average molecular weight is 316 g/mol. The van der Waals surface area contributed by atoms with Gasteiger partial charge in [0.2, 0.25) is 0 Å². The van der Waals surface area contributed by atoms with Crippen LogP contribution in [0.4, 0.5) is 0 Å². The molecule has 1 spiro atoms. The number of nitrogens with two attached hydrogens (primary N) is 1. The smallest absolute Gasteiger partial charge is 0.292 e. The lowest BCUT2D eigenvalue weighted by Crippen LogP contribution is -2.44. The van der Waals surface area contributed by atoms with Gasteiger partial charge in [-0.1, -0.05) is 19.8 Å². The molecular formula is C17H24N4O2. The quantitative estimate of drug-likeness (QED) is 0.801. The van der Waals surface area contributed by atoms with Crippen LogP contribution in [0.5, 0.6) is 0 Å². The summed E-state index contributed by atoms with van der Waals surface area (Å²) in [6, 6.07) is 4.72. The number of hydrogen-bond acceptors (Lipinski definition) is 6. The molecule has 0 radical (unpaired) electrons. The number of aliphatic imine (C=N–C) groups is 1. The van der Waals surface area contributed by atoms with Gasteiger partial charge < -0.3 is 15.2 Å². The Morgan fingerprint density at radius 1 is 1.22 bits per heavy atom. The normalized spacial score (nSPS) is 43.3. The van der Waals surface area contributed by atoms with Gasteiger partial charge in [0.05, 0.1) is 12.1 Å². The van der Waals surface area contributed by atoms with Crippen molar-refractivity contribution in [3.63, 3.8) is 0 Å². The van der Waals surface area contributed by atoms with Gasteiger partial charge in [-0.2, -0.15) is 10.5 Å². The van der Waals surface area contributed by atoms with Crippen LogP contribution in [-0.4, -0.2) is 26.0 Å². The molecule has 0 bridgehead atoms. The van der Waals surface area contributed by atoms with Crippen molar-refractivity contribution < 1.29 is 9.47 Å². The summed E-state index contributed by atoms with van der Waals surface area (Å²) in [6.07, 6.45) is 5.97. The first-order valence-electron chi connectivity index (χ1n) is 8.30. The molecule has 2 atom stereocenters. The first-order chi connectivity index (χ1) is 11.0. The number of ether oxygens (including phenoxy) is 2. The Kier molecular flexibility index (Phi) is 3.48. The number of nitrogens with zero attached hydrogens (tertiary/aromatic N) is 3. The summed E-state index contributed by atoms with van der Waals surface area (Å²) in [7, 11) is 2.92. The van der Waals surface area contributed by atoms with E-state index in [0.29, 0.717) is 5.92 Å². The Hall–Kier alpha value is -1.63. The molecule has 1 aliphatic heterocycles. The maximum absolute atomic E-state index is 10.1. The lowest BCUT2D eigenvalue weighted by Gasteiger charge is -2.37. The molecule has 0 aromatic carbocycles. The third kappa shape index (κ3) is 1.39. The summed E-state index contributed by atoms with van der Waals surface area (Å²) in [5.41, 5.74) is 3.43. The highest BCUT2D eigenvalue weighted by Gasteiger charge is 3.00. The molecule has 0 unspecified atom stereocenters. The van der Waals surface area contributed by atoms with Crippen LogP contribution in [0.2, 0.25) is 0 Å². The number of nitriles is 2.